The Morgan fingerprint density at radius 1 is 1.28 bits per heavy atom. The molecule has 0 atom stereocenters. The van der Waals surface area contributed by atoms with E-state index in [2.05, 4.69) is 5.10 Å². The highest BCUT2D eigenvalue weighted by Crippen LogP contribution is 2.35. The van der Waals surface area contributed by atoms with Crippen molar-refractivity contribution in [2.24, 2.45) is 7.05 Å². The molecule has 2 amide bonds. The molecule has 0 bridgehead atoms. The van der Waals surface area contributed by atoms with Gasteiger partial charge in [0.1, 0.15) is 0 Å². The van der Waals surface area contributed by atoms with E-state index >= 15 is 0 Å². The molecule has 0 saturated carbocycles. The van der Waals surface area contributed by atoms with Crippen molar-refractivity contribution in [3.8, 4) is 5.75 Å². The molecule has 0 unspecified atom stereocenters. The summed E-state index contributed by atoms with van der Waals surface area (Å²) < 4.78 is 7.44. The predicted octanol–water partition coefficient (Wildman–Crippen LogP) is 2.34. The second-order valence-electron chi connectivity index (χ2n) is 7.53. The number of carbonyl (C=O) groups excluding carboxylic acids is 2. The van der Waals surface area contributed by atoms with E-state index in [-0.39, 0.29) is 18.4 Å². The molecule has 2 aliphatic rings. The predicted molar refractivity (Wildman–Crippen MR) is 108 cm³/mol. The van der Waals surface area contributed by atoms with Crippen LogP contribution in [0.1, 0.15) is 42.4 Å². The van der Waals surface area contributed by atoms with Gasteiger partial charge < -0.3 is 9.64 Å². The van der Waals surface area contributed by atoms with Crippen LogP contribution in [0.15, 0.2) is 18.3 Å². The molecule has 0 spiro atoms. The lowest BCUT2D eigenvalue weighted by Crippen LogP contribution is -2.39. The maximum Gasteiger partial charge on any atom is 0.266 e. The lowest BCUT2D eigenvalue weighted by atomic mass is 10.0. The van der Waals surface area contributed by atoms with Crippen LogP contribution in [0.4, 0.5) is 5.82 Å². The van der Waals surface area contributed by atoms with Crippen LogP contribution >= 0.6 is 0 Å². The van der Waals surface area contributed by atoms with Crippen molar-refractivity contribution in [3.63, 3.8) is 0 Å². The third-order valence-electron chi connectivity index (χ3n) is 5.61. The molecule has 152 valence electrons. The molecule has 29 heavy (non-hydrogen) atoms. The van der Waals surface area contributed by atoms with Crippen molar-refractivity contribution >= 4 is 23.2 Å². The van der Waals surface area contributed by atoms with E-state index in [9.17, 15) is 9.59 Å². The summed E-state index contributed by atoms with van der Waals surface area (Å²) in [4.78, 5) is 32.6. The van der Waals surface area contributed by atoms with Gasteiger partial charge in [-0.25, -0.2) is 4.98 Å². The van der Waals surface area contributed by atoms with Crippen molar-refractivity contribution in [1.82, 2.24) is 19.7 Å². The van der Waals surface area contributed by atoms with Crippen LogP contribution in [0.3, 0.4) is 0 Å². The second-order valence-corrected chi connectivity index (χ2v) is 7.53. The van der Waals surface area contributed by atoms with E-state index in [0.717, 1.165) is 47.6 Å². The highest BCUT2D eigenvalue weighted by molar-refractivity contribution is 5.97. The van der Waals surface area contributed by atoms with Crippen molar-refractivity contribution in [2.45, 2.75) is 40.2 Å². The highest BCUT2D eigenvalue weighted by atomic mass is 16.5. The lowest BCUT2D eigenvalue weighted by Gasteiger charge is -2.29. The van der Waals surface area contributed by atoms with Crippen molar-refractivity contribution < 1.29 is 14.3 Å². The molecular weight excluding hydrogens is 370 g/mol. The number of anilines is 1. The number of pyridine rings is 1. The van der Waals surface area contributed by atoms with E-state index < -0.39 is 0 Å². The van der Waals surface area contributed by atoms with Crippen molar-refractivity contribution in [2.75, 3.05) is 18.1 Å². The molecule has 8 heteroatoms. The fourth-order valence-corrected chi connectivity index (χ4v) is 3.82. The van der Waals surface area contributed by atoms with E-state index in [0.29, 0.717) is 18.1 Å². The Kier molecular flexibility index (Phi) is 4.86. The van der Waals surface area contributed by atoms with Gasteiger partial charge in [0.25, 0.3) is 5.91 Å². The second kappa shape index (κ2) is 7.35. The number of fused-ring (bicyclic) bond motifs is 1. The van der Waals surface area contributed by atoms with Crippen LogP contribution in [0, 0.1) is 13.8 Å². The summed E-state index contributed by atoms with van der Waals surface area (Å²) in [5, 5.41) is 4.45. The summed E-state index contributed by atoms with van der Waals surface area (Å²) in [6.07, 6.45) is 3.59. The number of allylic oxidation sites excluding steroid dienone is 1. The Labute approximate surface area is 169 Å². The Morgan fingerprint density at radius 2 is 2.07 bits per heavy atom. The number of amides is 2. The lowest BCUT2D eigenvalue weighted by molar-refractivity contribution is -0.126. The first kappa shape index (κ1) is 19.2. The largest absolute Gasteiger partial charge is 0.480 e. The van der Waals surface area contributed by atoms with E-state index in [1.54, 1.807) is 16.7 Å². The Balaban J connectivity index is 1.72. The van der Waals surface area contributed by atoms with Crippen LogP contribution < -0.4 is 9.64 Å². The van der Waals surface area contributed by atoms with Gasteiger partial charge in [0.2, 0.25) is 5.91 Å². The molecule has 0 aromatic carbocycles. The summed E-state index contributed by atoms with van der Waals surface area (Å²) in [5.41, 5.74) is 4.68. The fourth-order valence-electron chi connectivity index (χ4n) is 3.82. The van der Waals surface area contributed by atoms with Gasteiger partial charge in [-0.05, 0) is 44.4 Å². The fraction of sp³-hybridized carbons (Fsp3) is 0.429. The van der Waals surface area contributed by atoms with Gasteiger partial charge in [0, 0.05) is 38.0 Å². The molecule has 0 aliphatic carbocycles. The molecule has 0 fully saturated rings. The summed E-state index contributed by atoms with van der Waals surface area (Å²) >= 11 is 0. The minimum atomic E-state index is -0.132. The molecule has 0 N–H and O–H groups in total. The zero-order valence-corrected chi connectivity index (χ0v) is 17.2. The summed E-state index contributed by atoms with van der Waals surface area (Å²) in [7, 11) is 1.90. The molecular formula is C21H25N5O3. The summed E-state index contributed by atoms with van der Waals surface area (Å²) in [6.45, 7) is 6.61. The molecule has 4 rings (SSSR count). The first-order valence-electron chi connectivity index (χ1n) is 9.76. The maximum absolute atomic E-state index is 12.7. The third kappa shape index (κ3) is 3.50. The van der Waals surface area contributed by atoms with E-state index in [1.165, 1.54) is 0 Å². The first-order valence-corrected chi connectivity index (χ1v) is 9.76. The van der Waals surface area contributed by atoms with Crippen LogP contribution in [0.2, 0.25) is 0 Å². The van der Waals surface area contributed by atoms with Gasteiger partial charge in [-0.3, -0.25) is 19.2 Å². The summed E-state index contributed by atoms with van der Waals surface area (Å²) in [6, 6.07) is 3.75. The molecule has 2 aliphatic heterocycles. The minimum Gasteiger partial charge on any atom is -0.480 e. The Bertz CT molecular complexity index is 1020. The van der Waals surface area contributed by atoms with Crippen LogP contribution in [0.25, 0.3) is 5.57 Å². The van der Waals surface area contributed by atoms with Crippen LogP contribution in [0.5, 0.6) is 5.75 Å². The number of hydrogen-bond acceptors (Lipinski definition) is 5. The highest BCUT2D eigenvalue weighted by Gasteiger charge is 2.29. The average molecular weight is 395 g/mol. The van der Waals surface area contributed by atoms with Crippen LogP contribution in [-0.4, -0.2) is 44.6 Å². The number of nitrogens with zero attached hydrogens (tertiary/aromatic N) is 5. The number of ether oxygens (including phenoxy) is 1. The molecule has 2 aromatic rings. The van der Waals surface area contributed by atoms with Gasteiger partial charge in [-0.2, -0.15) is 5.10 Å². The molecule has 4 heterocycles. The number of rotatable bonds is 3. The van der Waals surface area contributed by atoms with Gasteiger partial charge in [0.15, 0.2) is 18.2 Å². The van der Waals surface area contributed by atoms with Crippen LogP contribution in [-0.2, 0) is 23.2 Å². The normalized spacial score (nSPS) is 16.4. The standard InChI is InChI=1S/C21H25N5O3/c1-13-17(14(2)24(4)23-13)11-26-20(28)12-29-19-8-7-18(22-21(19)26)16-6-5-9-25(10-16)15(3)27/h7-8,10H,5-6,9,11-12H2,1-4H3. The van der Waals surface area contributed by atoms with Gasteiger partial charge in [-0.15, -0.1) is 0 Å². The monoisotopic (exact) mass is 395 g/mol. The molecule has 2 aromatic heterocycles. The maximum atomic E-state index is 12.7. The molecule has 0 radical (unpaired) electrons. The zero-order chi connectivity index (χ0) is 20.7. The quantitative estimate of drug-likeness (QED) is 0.797. The van der Waals surface area contributed by atoms with E-state index in [4.69, 9.17) is 9.72 Å². The number of hydrogen-bond donors (Lipinski definition) is 0. The third-order valence-corrected chi connectivity index (χ3v) is 5.61. The number of carbonyl (C=O) groups is 2. The number of aryl methyl sites for hydroxylation is 2. The minimum absolute atomic E-state index is 0.00675. The smallest absolute Gasteiger partial charge is 0.266 e. The SMILES string of the molecule is CC(=O)N1C=C(c2ccc3c(n2)N(Cc2c(C)nn(C)c2C)C(=O)CO3)CCC1. The Morgan fingerprint density at radius 3 is 2.76 bits per heavy atom. The Hall–Kier alpha value is -3.16. The van der Waals surface area contributed by atoms with E-state index in [1.807, 2.05) is 43.9 Å². The number of aromatic nitrogens is 3. The topological polar surface area (TPSA) is 80.6 Å². The van der Waals surface area contributed by atoms with Crippen molar-refractivity contribution in [3.05, 3.63) is 41.0 Å². The van der Waals surface area contributed by atoms with Crippen molar-refractivity contribution in [1.29, 1.82) is 0 Å². The molecule has 0 saturated heterocycles. The first-order chi connectivity index (χ1) is 13.8. The van der Waals surface area contributed by atoms with Gasteiger partial charge >= 0.3 is 0 Å². The molecule has 8 nitrogen and oxygen atoms in total. The average Bonchev–Trinajstić information content (AvgIpc) is 2.95. The van der Waals surface area contributed by atoms with Gasteiger partial charge in [-0.1, -0.05) is 0 Å². The zero-order valence-electron chi connectivity index (χ0n) is 17.2. The van der Waals surface area contributed by atoms with Gasteiger partial charge in [0.05, 0.1) is 17.9 Å². The summed E-state index contributed by atoms with van der Waals surface area (Å²) in [5.74, 6) is 0.991.